The molecule has 1 N–H and O–H groups in total. The van der Waals surface area contributed by atoms with Crippen molar-refractivity contribution >= 4 is 28.6 Å². The molecule has 0 aliphatic heterocycles. The Bertz CT molecular complexity index is 341. The third-order valence-electron chi connectivity index (χ3n) is 2.10. The summed E-state index contributed by atoms with van der Waals surface area (Å²) in [5.74, 6) is -0.251. The molecule has 0 radical (unpaired) electrons. The van der Waals surface area contributed by atoms with Crippen LogP contribution in [0, 0.1) is 3.57 Å². The van der Waals surface area contributed by atoms with E-state index in [1.165, 1.54) is 7.11 Å². The van der Waals surface area contributed by atoms with Gasteiger partial charge in [-0.25, -0.2) is 0 Å². The van der Waals surface area contributed by atoms with Crippen molar-refractivity contribution in [1.82, 2.24) is 15.1 Å². The normalized spacial score (nSPS) is 12.4. The number of carbonyl (C=O) groups excluding carboxylic acids is 1. The first-order chi connectivity index (χ1) is 7.67. The summed E-state index contributed by atoms with van der Waals surface area (Å²) < 4.78 is 7.54. The van der Waals surface area contributed by atoms with E-state index in [9.17, 15) is 4.79 Å². The molecule has 5 nitrogen and oxygen atoms in total. The molecule has 0 aliphatic carbocycles. The molecule has 1 aromatic rings. The van der Waals surface area contributed by atoms with Gasteiger partial charge in [-0.05, 0) is 35.6 Å². The number of esters is 1. The van der Waals surface area contributed by atoms with Crippen LogP contribution >= 0.6 is 22.6 Å². The zero-order chi connectivity index (χ0) is 12.0. The second-order valence-electron chi connectivity index (χ2n) is 3.41. The van der Waals surface area contributed by atoms with Crippen molar-refractivity contribution in [1.29, 1.82) is 0 Å². The summed E-state index contributed by atoms with van der Waals surface area (Å²) in [4.78, 5) is 11.5. The van der Waals surface area contributed by atoms with Crippen molar-refractivity contribution in [2.45, 2.75) is 25.9 Å². The quantitative estimate of drug-likeness (QED) is 0.622. The third-order valence-corrected chi connectivity index (χ3v) is 2.65. The van der Waals surface area contributed by atoms with Crippen molar-refractivity contribution in [3.8, 4) is 0 Å². The van der Waals surface area contributed by atoms with Gasteiger partial charge in [0.05, 0.1) is 23.4 Å². The molecule has 1 rings (SSSR count). The smallest absolute Gasteiger partial charge is 0.324 e. The van der Waals surface area contributed by atoms with Crippen molar-refractivity contribution in [2.75, 3.05) is 13.7 Å². The molecule has 1 atom stereocenters. The SMILES string of the molecule is CCCNC(Cn1cc(I)cn1)C(=O)OC. The van der Waals surface area contributed by atoms with E-state index < -0.39 is 0 Å². The summed E-state index contributed by atoms with van der Waals surface area (Å²) in [6, 6.07) is -0.333. The first kappa shape index (κ1) is 13.4. The molecule has 0 aromatic carbocycles. The Morgan fingerprint density at radius 1 is 1.75 bits per heavy atom. The second-order valence-corrected chi connectivity index (χ2v) is 4.66. The van der Waals surface area contributed by atoms with Crippen LogP contribution in [0.3, 0.4) is 0 Å². The zero-order valence-electron chi connectivity index (χ0n) is 9.44. The van der Waals surface area contributed by atoms with E-state index in [4.69, 9.17) is 4.74 Å². The summed E-state index contributed by atoms with van der Waals surface area (Å²) in [5.41, 5.74) is 0. The summed E-state index contributed by atoms with van der Waals surface area (Å²) >= 11 is 2.18. The number of aromatic nitrogens is 2. The molecule has 1 aromatic heterocycles. The van der Waals surface area contributed by atoms with Gasteiger partial charge in [0.1, 0.15) is 6.04 Å². The number of halogens is 1. The molecule has 0 fully saturated rings. The number of hydrogen-bond acceptors (Lipinski definition) is 4. The average Bonchev–Trinajstić information content (AvgIpc) is 2.69. The first-order valence-electron chi connectivity index (χ1n) is 5.16. The van der Waals surface area contributed by atoms with Gasteiger partial charge < -0.3 is 10.1 Å². The van der Waals surface area contributed by atoms with Crippen LogP contribution in [-0.4, -0.2) is 35.4 Å². The van der Waals surface area contributed by atoms with E-state index in [0.29, 0.717) is 6.54 Å². The third kappa shape index (κ3) is 4.09. The van der Waals surface area contributed by atoms with Gasteiger partial charge in [0.15, 0.2) is 0 Å². The highest BCUT2D eigenvalue weighted by atomic mass is 127. The maximum atomic E-state index is 11.5. The second kappa shape index (κ2) is 6.85. The van der Waals surface area contributed by atoms with Gasteiger partial charge in [-0.2, -0.15) is 5.10 Å². The molecule has 0 spiro atoms. The molecule has 0 aliphatic rings. The Kier molecular flexibility index (Phi) is 5.75. The lowest BCUT2D eigenvalue weighted by molar-refractivity contribution is -0.143. The van der Waals surface area contributed by atoms with Crippen LogP contribution < -0.4 is 5.32 Å². The molecule has 1 unspecified atom stereocenters. The Balaban J connectivity index is 2.59. The number of rotatable bonds is 6. The molecule has 6 heteroatoms. The molecule has 16 heavy (non-hydrogen) atoms. The van der Waals surface area contributed by atoms with Gasteiger partial charge in [-0.15, -0.1) is 0 Å². The zero-order valence-corrected chi connectivity index (χ0v) is 11.6. The van der Waals surface area contributed by atoms with Crippen LogP contribution in [0.25, 0.3) is 0 Å². The van der Waals surface area contributed by atoms with Crippen LogP contribution in [-0.2, 0) is 16.1 Å². The Morgan fingerprint density at radius 2 is 2.50 bits per heavy atom. The van der Waals surface area contributed by atoms with Crippen molar-refractivity contribution in [3.63, 3.8) is 0 Å². The molecular weight excluding hydrogens is 321 g/mol. The lowest BCUT2D eigenvalue weighted by Gasteiger charge is -2.15. The van der Waals surface area contributed by atoms with E-state index in [2.05, 4.69) is 39.9 Å². The lowest BCUT2D eigenvalue weighted by Crippen LogP contribution is -2.41. The molecule has 0 saturated heterocycles. The Labute approximate surface area is 109 Å². The van der Waals surface area contributed by atoms with Crippen LogP contribution in [0.15, 0.2) is 12.4 Å². The number of ether oxygens (including phenoxy) is 1. The van der Waals surface area contributed by atoms with Gasteiger partial charge in [0.25, 0.3) is 0 Å². The number of carbonyl (C=O) groups is 1. The molecule has 0 bridgehead atoms. The van der Waals surface area contributed by atoms with Crippen LogP contribution in [0.5, 0.6) is 0 Å². The largest absolute Gasteiger partial charge is 0.468 e. The standard InChI is InChI=1S/C10H16IN3O2/c1-3-4-12-9(10(15)16-2)7-14-6-8(11)5-13-14/h5-6,9,12H,3-4,7H2,1-2H3. The molecule has 0 amide bonds. The number of nitrogens with one attached hydrogen (secondary N) is 1. The van der Waals surface area contributed by atoms with Gasteiger partial charge in [-0.3, -0.25) is 9.48 Å². The number of methoxy groups -OCH3 is 1. The fourth-order valence-corrected chi connectivity index (χ4v) is 1.75. The molecular formula is C10H16IN3O2. The lowest BCUT2D eigenvalue weighted by atomic mass is 10.3. The predicted molar refractivity (Wildman–Crippen MR) is 69.0 cm³/mol. The fraction of sp³-hybridized carbons (Fsp3) is 0.600. The van der Waals surface area contributed by atoms with Gasteiger partial charge in [-0.1, -0.05) is 6.92 Å². The minimum absolute atomic E-state index is 0.251. The van der Waals surface area contributed by atoms with E-state index >= 15 is 0 Å². The summed E-state index contributed by atoms with van der Waals surface area (Å²) in [6.45, 7) is 3.34. The summed E-state index contributed by atoms with van der Waals surface area (Å²) in [5, 5.41) is 7.28. The molecule has 1 heterocycles. The number of nitrogens with zero attached hydrogens (tertiary/aromatic N) is 2. The minimum atomic E-state index is -0.333. The number of hydrogen-bond donors (Lipinski definition) is 1. The topological polar surface area (TPSA) is 56.2 Å². The van der Waals surface area contributed by atoms with Crippen molar-refractivity contribution < 1.29 is 9.53 Å². The van der Waals surface area contributed by atoms with Gasteiger partial charge >= 0.3 is 5.97 Å². The van der Waals surface area contributed by atoms with E-state index in [1.54, 1.807) is 10.9 Å². The highest BCUT2D eigenvalue weighted by Gasteiger charge is 2.18. The fourth-order valence-electron chi connectivity index (χ4n) is 1.31. The molecule has 0 saturated carbocycles. The highest BCUT2D eigenvalue weighted by molar-refractivity contribution is 14.1. The van der Waals surface area contributed by atoms with Gasteiger partial charge in [0.2, 0.25) is 0 Å². The van der Waals surface area contributed by atoms with Crippen LogP contribution in [0.1, 0.15) is 13.3 Å². The summed E-state index contributed by atoms with van der Waals surface area (Å²) in [6.07, 6.45) is 4.63. The highest BCUT2D eigenvalue weighted by Crippen LogP contribution is 2.02. The van der Waals surface area contributed by atoms with Gasteiger partial charge in [0, 0.05) is 6.20 Å². The average molecular weight is 337 g/mol. The van der Waals surface area contributed by atoms with E-state index in [0.717, 1.165) is 16.5 Å². The maximum Gasteiger partial charge on any atom is 0.324 e. The predicted octanol–water partition coefficient (Wildman–Crippen LogP) is 1.03. The van der Waals surface area contributed by atoms with Crippen molar-refractivity contribution in [3.05, 3.63) is 16.0 Å². The minimum Gasteiger partial charge on any atom is -0.468 e. The Hall–Kier alpha value is -0.630. The maximum absolute atomic E-state index is 11.5. The van der Waals surface area contributed by atoms with E-state index in [1.807, 2.05) is 6.20 Å². The summed E-state index contributed by atoms with van der Waals surface area (Å²) in [7, 11) is 1.40. The Morgan fingerprint density at radius 3 is 3.00 bits per heavy atom. The van der Waals surface area contributed by atoms with E-state index in [-0.39, 0.29) is 12.0 Å². The van der Waals surface area contributed by atoms with Crippen molar-refractivity contribution in [2.24, 2.45) is 0 Å². The first-order valence-corrected chi connectivity index (χ1v) is 6.24. The van der Waals surface area contributed by atoms with Crippen LogP contribution in [0.4, 0.5) is 0 Å². The monoisotopic (exact) mass is 337 g/mol. The molecule has 90 valence electrons. The van der Waals surface area contributed by atoms with Crippen LogP contribution in [0.2, 0.25) is 0 Å².